The maximum atomic E-state index is 3.87. The number of nitrogens with zero attached hydrogens (tertiary/aromatic N) is 1. The lowest BCUT2D eigenvalue weighted by Gasteiger charge is -2.04. The molecule has 0 aromatic carbocycles. The summed E-state index contributed by atoms with van der Waals surface area (Å²) in [5, 5.41) is 0. The predicted molar refractivity (Wildman–Crippen MR) is 76.7 cm³/mol. The molecule has 1 aliphatic carbocycles. The Balaban J connectivity index is 2.08. The third-order valence-corrected chi connectivity index (χ3v) is 2.95. The summed E-state index contributed by atoms with van der Waals surface area (Å²) in [6.07, 6.45) is 20.8. The summed E-state index contributed by atoms with van der Waals surface area (Å²) >= 11 is 0. The Morgan fingerprint density at radius 3 is 2.50 bits per heavy atom. The number of aryl methyl sites for hydroxylation is 1. The summed E-state index contributed by atoms with van der Waals surface area (Å²) in [6, 6.07) is 4.18. The molecule has 1 nitrogen and oxygen atoms in total. The third-order valence-electron chi connectivity index (χ3n) is 2.95. The van der Waals surface area contributed by atoms with Gasteiger partial charge in [0.15, 0.2) is 12.4 Å². The van der Waals surface area contributed by atoms with Gasteiger partial charge >= 0.3 is 0 Å². The second-order valence-electron chi connectivity index (χ2n) is 4.32. The SMILES string of the molecule is C=C/C(=C\C=C\c1cc[n+](C)cc1)C1C=CC=C1. The number of allylic oxidation sites excluding steroid dienone is 8. The Bertz CT molecular complexity index is 515. The quantitative estimate of drug-likeness (QED) is 0.557. The number of aromatic nitrogens is 1. The van der Waals surface area contributed by atoms with Crippen molar-refractivity contribution < 1.29 is 4.57 Å². The van der Waals surface area contributed by atoms with Crippen molar-refractivity contribution in [1.29, 1.82) is 0 Å². The molecule has 1 heterocycles. The molecule has 1 heteroatoms. The number of hydrogen-bond acceptors (Lipinski definition) is 0. The minimum atomic E-state index is 0.376. The van der Waals surface area contributed by atoms with Crippen LogP contribution in [0.1, 0.15) is 5.56 Å². The summed E-state index contributed by atoms with van der Waals surface area (Å²) in [6.45, 7) is 3.87. The molecule has 0 saturated heterocycles. The van der Waals surface area contributed by atoms with Crippen molar-refractivity contribution in [3.63, 3.8) is 0 Å². The normalized spacial score (nSPS) is 15.7. The van der Waals surface area contributed by atoms with Crippen molar-refractivity contribution in [2.75, 3.05) is 0 Å². The molecule has 0 bridgehead atoms. The molecule has 0 aliphatic heterocycles. The minimum absolute atomic E-state index is 0.376. The van der Waals surface area contributed by atoms with Crippen molar-refractivity contribution >= 4 is 6.08 Å². The van der Waals surface area contributed by atoms with E-state index >= 15 is 0 Å². The molecule has 0 radical (unpaired) electrons. The van der Waals surface area contributed by atoms with Gasteiger partial charge in [0.25, 0.3) is 0 Å². The Labute approximate surface area is 109 Å². The maximum absolute atomic E-state index is 3.87. The first-order chi connectivity index (χ1) is 8.79. The van der Waals surface area contributed by atoms with E-state index in [0.29, 0.717) is 5.92 Å². The molecule has 1 aromatic heterocycles. The van der Waals surface area contributed by atoms with Gasteiger partial charge in [-0.1, -0.05) is 55.2 Å². The van der Waals surface area contributed by atoms with Gasteiger partial charge in [0.05, 0.1) is 0 Å². The van der Waals surface area contributed by atoms with Crippen LogP contribution in [0.4, 0.5) is 0 Å². The van der Waals surface area contributed by atoms with Crippen LogP contribution in [0, 0.1) is 5.92 Å². The smallest absolute Gasteiger partial charge is 0.169 e. The van der Waals surface area contributed by atoms with Crippen LogP contribution in [0.3, 0.4) is 0 Å². The molecule has 1 aromatic rings. The van der Waals surface area contributed by atoms with Crippen LogP contribution in [-0.2, 0) is 7.05 Å². The Hall–Kier alpha value is -2.15. The molecule has 2 rings (SSSR count). The molecule has 0 saturated carbocycles. The molecule has 0 fully saturated rings. The van der Waals surface area contributed by atoms with Gasteiger partial charge in [-0.3, -0.25) is 0 Å². The van der Waals surface area contributed by atoms with Crippen LogP contribution >= 0.6 is 0 Å². The van der Waals surface area contributed by atoms with Gasteiger partial charge < -0.3 is 0 Å². The molecular formula is C17H18N+. The number of hydrogen-bond donors (Lipinski definition) is 0. The summed E-state index contributed by atoms with van der Waals surface area (Å²) < 4.78 is 2.02. The van der Waals surface area contributed by atoms with Crippen molar-refractivity contribution in [3.05, 3.63) is 84.8 Å². The zero-order valence-electron chi connectivity index (χ0n) is 10.7. The first-order valence-electron chi connectivity index (χ1n) is 6.10. The lowest BCUT2D eigenvalue weighted by molar-refractivity contribution is -0.671. The summed E-state index contributed by atoms with van der Waals surface area (Å²) in [7, 11) is 2.02. The van der Waals surface area contributed by atoms with E-state index in [1.165, 1.54) is 11.1 Å². The fourth-order valence-corrected chi connectivity index (χ4v) is 1.86. The molecule has 90 valence electrons. The van der Waals surface area contributed by atoms with Crippen LogP contribution in [0.15, 0.2) is 79.2 Å². The Morgan fingerprint density at radius 2 is 1.89 bits per heavy atom. The lowest BCUT2D eigenvalue weighted by atomic mass is 10.0. The molecule has 0 unspecified atom stereocenters. The lowest BCUT2D eigenvalue weighted by Crippen LogP contribution is -2.25. The van der Waals surface area contributed by atoms with Crippen molar-refractivity contribution in [3.8, 4) is 0 Å². The van der Waals surface area contributed by atoms with Crippen LogP contribution in [0.25, 0.3) is 6.08 Å². The molecule has 0 N–H and O–H groups in total. The van der Waals surface area contributed by atoms with Crippen molar-refractivity contribution in [2.24, 2.45) is 13.0 Å². The van der Waals surface area contributed by atoms with E-state index in [-0.39, 0.29) is 0 Å². The molecule has 18 heavy (non-hydrogen) atoms. The molecular weight excluding hydrogens is 218 g/mol. The minimum Gasteiger partial charge on any atom is -0.208 e. The van der Waals surface area contributed by atoms with E-state index in [2.05, 4.69) is 61.2 Å². The van der Waals surface area contributed by atoms with E-state index in [4.69, 9.17) is 0 Å². The highest BCUT2D eigenvalue weighted by molar-refractivity contribution is 5.51. The number of pyridine rings is 1. The van der Waals surface area contributed by atoms with Gasteiger partial charge in [-0.15, -0.1) is 0 Å². The van der Waals surface area contributed by atoms with Crippen LogP contribution < -0.4 is 4.57 Å². The van der Waals surface area contributed by atoms with E-state index in [0.717, 1.165) is 0 Å². The molecule has 1 aliphatic rings. The van der Waals surface area contributed by atoms with Gasteiger partial charge in [0.1, 0.15) is 7.05 Å². The van der Waals surface area contributed by atoms with E-state index in [9.17, 15) is 0 Å². The molecule has 0 atom stereocenters. The fourth-order valence-electron chi connectivity index (χ4n) is 1.86. The maximum Gasteiger partial charge on any atom is 0.169 e. The molecule has 0 amide bonds. The van der Waals surface area contributed by atoms with Crippen LogP contribution in [0.2, 0.25) is 0 Å². The van der Waals surface area contributed by atoms with E-state index in [1.807, 2.05) is 30.1 Å². The summed E-state index contributed by atoms with van der Waals surface area (Å²) in [5.41, 5.74) is 2.42. The average molecular weight is 236 g/mol. The van der Waals surface area contributed by atoms with Crippen molar-refractivity contribution in [1.82, 2.24) is 0 Å². The Morgan fingerprint density at radius 1 is 1.22 bits per heavy atom. The first-order valence-corrected chi connectivity index (χ1v) is 6.10. The van der Waals surface area contributed by atoms with Crippen molar-refractivity contribution in [2.45, 2.75) is 0 Å². The van der Waals surface area contributed by atoms with Gasteiger partial charge in [-0.2, -0.15) is 0 Å². The third kappa shape index (κ3) is 3.17. The summed E-state index contributed by atoms with van der Waals surface area (Å²) in [5.74, 6) is 0.376. The zero-order chi connectivity index (χ0) is 12.8. The van der Waals surface area contributed by atoms with E-state index in [1.54, 1.807) is 0 Å². The zero-order valence-corrected chi connectivity index (χ0v) is 10.7. The Kier molecular flexibility index (Phi) is 4.08. The predicted octanol–water partition coefficient (Wildman–Crippen LogP) is 3.38. The van der Waals surface area contributed by atoms with E-state index < -0.39 is 0 Å². The average Bonchev–Trinajstić information content (AvgIpc) is 2.91. The highest BCUT2D eigenvalue weighted by Gasteiger charge is 2.05. The fraction of sp³-hybridized carbons (Fsp3) is 0.118. The van der Waals surface area contributed by atoms with Gasteiger partial charge in [0.2, 0.25) is 0 Å². The highest BCUT2D eigenvalue weighted by Crippen LogP contribution is 2.19. The standard InChI is InChI=1S/C17H18N/c1-3-16(17-8-4-5-9-17)10-6-7-15-11-13-18(2)14-12-15/h3-14,17H,1H2,2H3/q+1/b7-6+,16-10+. The van der Waals surface area contributed by atoms with Gasteiger partial charge in [-0.05, 0) is 11.1 Å². The molecule has 0 spiro atoms. The highest BCUT2D eigenvalue weighted by atomic mass is 14.9. The summed E-state index contributed by atoms with van der Waals surface area (Å²) in [4.78, 5) is 0. The monoisotopic (exact) mass is 236 g/mol. The topological polar surface area (TPSA) is 3.88 Å². The number of rotatable bonds is 4. The largest absolute Gasteiger partial charge is 0.208 e. The first kappa shape index (κ1) is 12.3. The van der Waals surface area contributed by atoms with Crippen LogP contribution in [-0.4, -0.2) is 0 Å². The van der Waals surface area contributed by atoms with Gasteiger partial charge in [-0.25, -0.2) is 4.57 Å². The second-order valence-corrected chi connectivity index (χ2v) is 4.32. The van der Waals surface area contributed by atoms with Crippen LogP contribution in [0.5, 0.6) is 0 Å². The van der Waals surface area contributed by atoms with Gasteiger partial charge in [0, 0.05) is 18.1 Å². The second kappa shape index (κ2) is 5.97.